The van der Waals surface area contributed by atoms with Crippen molar-refractivity contribution >= 4 is 0 Å². The molecule has 0 fully saturated rings. The molecule has 1 atom stereocenters. The number of nitrogens with zero attached hydrogens (tertiary/aromatic N) is 1. The molecule has 1 heterocycles. The summed E-state index contributed by atoms with van der Waals surface area (Å²) in [7, 11) is 0. The zero-order valence-corrected chi connectivity index (χ0v) is 11.9. The summed E-state index contributed by atoms with van der Waals surface area (Å²) in [4.78, 5) is 4.38. The van der Waals surface area contributed by atoms with Crippen LogP contribution in [0, 0.1) is 11.6 Å². The van der Waals surface area contributed by atoms with Crippen molar-refractivity contribution in [2.75, 3.05) is 0 Å². The number of hydrogen-bond donors (Lipinski definition) is 2. The van der Waals surface area contributed by atoms with E-state index < -0.39 is 11.6 Å². The summed E-state index contributed by atoms with van der Waals surface area (Å²) in [5.41, 5.74) is 5.49. The Labute approximate surface area is 123 Å². The normalized spacial score (nSPS) is 12.4. The summed E-state index contributed by atoms with van der Waals surface area (Å²) in [6.07, 6.45) is 3.92. The van der Waals surface area contributed by atoms with Crippen LogP contribution >= 0.6 is 0 Å². The van der Waals surface area contributed by atoms with E-state index in [-0.39, 0.29) is 6.04 Å². The highest BCUT2D eigenvalue weighted by atomic mass is 19.2. The molecule has 3 nitrogen and oxygen atoms in total. The molecule has 1 aromatic carbocycles. The van der Waals surface area contributed by atoms with E-state index in [1.54, 1.807) is 6.07 Å². The highest BCUT2D eigenvalue weighted by Crippen LogP contribution is 2.12. The summed E-state index contributed by atoms with van der Waals surface area (Å²) in [5.74, 6) is 3.87. The Hall–Kier alpha value is -1.85. The van der Waals surface area contributed by atoms with Gasteiger partial charge < -0.3 is 0 Å². The standard InChI is InChI=1S/C16H19F2N3/c1-2-11-3-5-13(20-10-11)9-14(21-19)7-12-4-6-15(17)16(18)8-12/h3-6,8,10,14,21H,2,7,9,19H2,1H3. The Balaban J connectivity index is 2.03. The Morgan fingerprint density at radius 3 is 2.43 bits per heavy atom. The van der Waals surface area contributed by atoms with Gasteiger partial charge in [-0.1, -0.05) is 19.1 Å². The predicted molar refractivity (Wildman–Crippen MR) is 78.5 cm³/mol. The Kier molecular flexibility index (Phi) is 5.36. The van der Waals surface area contributed by atoms with Gasteiger partial charge in [0.25, 0.3) is 0 Å². The zero-order valence-electron chi connectivity index (χ0n) is 11.9. The second-order valence-corrected chi connectivity index (χ2v) is 5.03. The van der Waals surface area contributed by atoms with Crippen molar-refractivity contribution in [3.8, 4) is 0 Å². The van der Waals surface area contributed by atoms with Gasteiger partial charge in [-0.2, -0.15) is 0 Å². The zero-order chi connectivity index (χ0) is 15.2. The van der Waals surface area contributed by atoms with Crippen LogP contribution in [0.4, 0.5) is 8.78 Å². The molecule has 1 aromatic heterocycles. The fraction of sp³-hybridized carbons (Fsp3) is 0.312. The molecule has 0 bridgehead atoms. The molecule has 0 saturated heterocycles. The first-order valence-corrected chi connectivity index (χ1v) is 6.96. The number of aryl methyl sites for hydroxylation is 1. The quantitative estimate of drug-likeness (QED) is 0.635. The van der Waals surface area contributed by atoms with Crippen molar-refractivity contribution in [1.82, 2.24) is 10.4 Å². The molecule has 5 heteroatoms. The van der Waals surface area contributed by atoms with E-state index in [0.717, 1.165) is 18.2 Å². The molecule has 0 aliphatic carbocycles. The van der Waals surface area contributed by atoms with Gasteiger partial charge in [0, 0.05) is 24.4 Å². The molecule has 2 rings (SSSR count). The first kappa shape index (κ1) is 15.5. The SMILES string of the molecule is CCc1ccc(CC(Cc2ccc(F)c(F)c2)NN)nc1. The molecule has 2 aromatic rings. The number of halogens is 2. The molecule has 21 heavy (non-hydrogen) atoms. The largest absolute Gasteiger partial charge is 0.271 e. The lowest BCUT2D eigenvalue weighted by molar-refractivity contribution is 0.496. The van der Waals surface area contributed by atoms with Crippen LogP contribution in [0.15, 0.2) is 36.5 Å². The Morgan fingerprint density at radius 2 is 1.86 bits per heavy atom. The fourth-order valence-corrected chi connectivity index (χ4v) is 2.18. The average Bonchev–Trinajstić information content (AvgIpc) is 2.51. The minimum Gasteiger partial charge on any atom is -0.271 e. The van der Waals surface area contributed by atoms with Crippen molar-refractivity contribution < 1.29 is 8.78 Å². The first-order valence-electron chi connectivity index (χ1n) is 6.96. The number of rotatable bonds is 6. The van der Waals surface area contributed by atoms with Crippen molar-refractivity contribution in [2.24, 2.45) is 5.84 Å². The molecule has 0 saturated carbocycles. The summed E-state index contributed by atoms with van der Waals surface area (Å²) in [5, 5.41) is 0. The number of aromatic nitrogens is 1. The number of hydrazine groups is 1. The molecule has 112 valence electrons. The number of pyridine rings is 1. The van der Waals surface area contributed by atoms with E-state index in [9.17, 15) is 8.78 Å². The van der Waals surface area contributed by atoms with Crippen LogP contribution in [-0.4, -0.2) is 11.0 Å². The van der Waals surface area contributed by atoms with E-state index in [2.05, 4.69) is 17.3 Å². The van der Waals surface area contributed by atoms with Gasteiger partial charge in [0.2, 0.25) is 0 Å². The smallest absolute Gasteiger partial charge is 0.159 e. The molecule has 1 unspecified atom stereocenters. The van der Waals surface area contributed by atoms with Crippen molar-refractivity contribution in [2.45, 2.75) is 32.2 Å². The maximum absolute atomic E-state index is 13.2. The maximum Gasteiger partial charge on any atom is 0.159 e. The fourth-order valence-electron chi connectivity index (χ4n) is 2.18. The molecule has 0 radical (unpaired) electrons. The highest BCUT2D eigenvalue weighted by molar-refractivity contribution is 5.20. The van der Waals surface area contributed by atoms with Gasteiger partial charge >= 0.3 is 0 Å². The van der Waals surface area contributed by atoms with Crippen LogP contribution in [-0.2, 0) is 19.3 Å². The van der Waals surface area contributed by atoms with Crippen LogP contribution in [0.2, 0.25) is 0 Å². The lowest BCUT2D eigenvalue weighted by Gasteiger charge is -2.16. The van der Waals surface area contributed by atoms with Gasteiger partial charge in [-0.05, 0) is 42.2 Å². The number of hydrogen-bond acceptors (Lipinski definition) is 3. The van der Waals surface area contributed by atoms with Crippen molar-refractivity contribution in [3.05, 3.63) is 65.0 Å². The number of nitrogens with one attached hydrogen (secondary N) is 1. The van der Waals surface area contributed by atoms with E-state index in [1.165, 1.54) is 11.6 Å². The second kappa shape index (κ2) is 7.24. The molecule has 3 N–H and O–H groups in total. The first-order chi connectivity index (χ1) is 10.1. The molecule has 0 amide bonds. The molecular weight excluding hydrogens is 272 g/mol. The van der Waals surface area contributed by atoms with Crippen LogP contribution in [0.25, 0.3) is 0 Å². The lowest BCUT2D eigenvalue weighted by atomic mass is 10.0. The lowest BCUT2D eigenvalue weighted by Crippen LogP contribution is -2.38. The molecule has 0 aliphatic rings. The summed E-state index contributed by atoms with van der Waals surface area (Å²) < 4.78 is 26.1. The van der Waals surface area contributed by atoms with Crippen LogP contribution in [0.1, 0.15) is 23.7 Å². The van der Waals surface area contributed by atoms with Crippen molar-refractivity contribution in [3.63, 3.8) is 0 Å². The van der Waals surface area contributed by atoms with Gasteiger partial charge in [-0.15, -0.1) is 0 Å². The molecule has 0 spiro atoms. The predicted octanol–water partition coefficient (Wildman–Crippen LogP) is 2.54. The summed E-state index contributed by atoms with van der Waals surface area (Å²) >= 11 is 0. The van der Waals surface area contributed by atoms with Gasteiger partial charge in [0.15, 0.2) is 11.6 Å². The van der Waals surface area contributed by atoms with E-state index in [4.69, 9.17) is 5.84 Å². The van der Waals surface area contributed by atoms with Crippen molar-refractivity contribution in [1.29, 1.82) is 0 Å². The minimum absolute atomic E-state index is 0.0881. The Morgan fingerprint density at radius 1 is 1.10 bits per heavy atom. The Bertz CT molecular complexity index is 585. The summed E-state index contributed by atoms with van der Waals surface area (Å²) in [6, 6.07) is 7.81. The average molecular weight is 291 g/mol. The third-order valence-electron chi connectivity index (χ3n) is 3.45. The number of benzene rings is 1. The molecular formula is C16H19F2N3. The molecule has 0 aliphatic heterocycles. The third-order valence-corrected chi connectivity index (χ3v) is 3.45. The van der Waals surface area contributed by atoms with Gasteiger partial charge in [-0.3, -0.25) is 16.3 Å². The monoisotopic (exact) mass is 291 g/mol. The topological polar surface area (TPSA) is 50.9 Å². The van der Waals surface area contributed by atoms with E-state index in [0.29, 0.717) is 18.4 Å². The second-order valence-electron chi connectivity index (χ2n) is 5.03. The van der Waals surface area contributed by atoms with E-state index in [1.807, 2.05) is 18.3 Å². The van der Waals surface area contributed by atoms with Gasteiger partial charge in [0.05, 0.1) is 0 Å². The highest BCUT2D eigenvalue weighted by Gasteiger charge is 2.11. The van der Waals surface area contributed by atoms with Gasteiger partial charge in [0.1, 0.15) is 0 Å². The van der Waals surface area contributed by atoms with Crippen LogP contribution < -0.4 is 11.3 Å². The third kappa shape index (κ3) is 4.31. The van der Waals surface area contributed by atoms with Crippen LogP contribution in [0.5, 0.6) is 0 Å². The minimum atomic E-state index is -0.840. The maximum atomic E-state index is 13.2. The van der Waals surface area contributed by atoms with Crippen LogP contribution in [0.3, 0.4) is 0 Å². The number of nitrogens with two attached hydrogens (primary N) is 1. The van der Waals surface area contributed by atoms with Gasteiger partial charge in [-0.25, -0.2) is 8.78 Å². The van der Waals surface area contributed by atoms with E-state index >= 15 is 0 Å². The summed E-state index contributed by atoms with van der Waals surface area (Å²) in [6.45, 7) is 2.07.